The Morgan fingerprint density at radius 2 is 2.50 bits per heavy atom. The second-order valence-electron chi connectivity index (χ2n) is 3.56. The van der Waals surface area contributed by atoms with Gasteiger partial charge in [0.05, 0.1) is 18.0 Å². The van der Waals surface area contributed by atoms with Crippen molar-refractivity contribution in [3.8, 4) is 0 Å². The van der Waals surface area contributed by atoms with Gasteiger partial charge in [-0.1, -0.05) is 0 Å². The Morgan fingerprint density at radius 3 is 3.21 bits per heavy atom. The van der Waals surface area contributed by atoms with E-state index in [0.29, 0.717) is 6.10 Å². The molecule has 1 saturated heterocycles. The maximum absolute atomic E-state index is 5.49. The van der Waals surface area contributed by atoms with Crippen LogP contribution in [0.3, 0.4) is 0 Å². The molecule has 0 bridgehead atoms. The Labute approximate surface area is 83.7 Å². The molecule has 1 N–H and O–H groups in total. The Balaban J connectivity index is 1.85. The van der Waals surface area contributed by atoms with E-state index in [2.05, 4.69) is 15.3 Å². The van der Waals surface area contributed by atoms with Crippen LogP contribution >= 0.6 is 0 Å². The van der Waals surface area contributed by atoms with E-state index in [1.54, 1.807) is 12.4 Å². The lowest BCUT2D eigenvalue weighted by molar-refractivity contribution is 0.120. The smallest absolute Gasteiger partial charge is 0.144 e. The van der Waals surface area contributed by atoms with Gasteiger partial charge < -0.3 is 10.1 Å². The quantitative estimate of drug-likeness (QED) is 0.787. The first kappa shape index (κ1) is 9.40. The number of aromatic nitrogens is 2. The third kappa shape index (κ3) is 2.42. The van der Waals surface area contributed by atoms with E-state index in [0.717, 1.165) is 31.1 Å². The molecule has 4 nitrogen and oxygen atoms in total. The van der Waals surface area contributed by atoms with Crippen LogP contribution in [0.2, 0.25) is 0 Å². The van der Waals surface area contributed by atoms with Crippen molar-refractivity contribution in [2.75, 3.05) is 18.5 Å². The molecule has 1 atom stereocenters. The molecule has 1 fully saturated rings. The van der Waals surface area contributed by atoms with Gasteiger partial charge in [0, 0.05) is 19.3 Å². The molecule has 1 aromatic heterocycles. The molecular formula is C10H15N3O. The molecule has 0 aromatic carbocycles. The summed E-state index contributed by atoms with van der Waals surface area (Å²) in [5, 5.41) is 3.23. The van der Waals surface area contributed by atoms with Gasteiger partial charge >= 0.3 is 0 Å². The highest BCUT2D eigenvalue weighted by atomic mass is 16.5. The van der Waals surface area contributed by atoms with E-state index in [9.17, 15) is 0 Å². The van der Waals surface area contributed by atoms with Gasteiger partial charge in [0.2, 0.25) is 0 Å². The molecule has 1 unspecified atom stereocenters. The van der Waals surface area contributed by atoms with Crippen LogP contribution in [0.25, 0.3) is 0 Å². The van der Waals surface area contributed by atoms with Crippen LogP contribution in [0, 0.1) is 6.92 Å². The molecule has 0 amide bonds. The van der Waals surface area contributed by atoms with Crippen molar-refractivity contribution in [1.82, 2.24) is 9.97 Å². The number of nitrogens with one attached hydrogen (secondary N) is 1. The minimum Gasteiger partial charge on any atom is -0.376 e. The summed E-state index contributed by atoms with van der Waals surface area (Å²) in [6.07, 6.45) is 6.15. The van der Waals surface area contributed by atoms with Crippen LogP contribution in [0.5, 0.6) is 0 Å². The van der Waals surface area contributed by atoms with E-state index in [1.807, 2.05) is 6.92 Å². The molecule has 4 heteroatoms. The molecule has 1 aliphatic rings. The van der Waals surface area contributed by atoms with Crippen molar-refractivity contribution in [3.05, 3.63) is 18.1 Å². The van der Waals surface area contributed by atoms with Crippen molar-refractivity contribution in [2.24, 2.45) is 0 Å². The van der Waals surface area contributed by atoms with E-state index in [4.69, 9.17) is 4.74 Å². The van der Waals surface area contributed by atoms with Crippen LogP contribution < -0.4 is 5.32 Å². The third-order valence-electron chi connectivity index (χ3n) is 2.29. The highest BCUT2D eigenvalue weighted by Crippen LogP contribution is 2.12. The van der Waals surface area contributed by atoms with Gasteiger partial charge in [-0.05, 0) is 19.8 Å². The fourth-order valence-corrected chi connectivity index (χ4v) is 1.57. The van der Waals surface area contributed by atoms with Gasteiger partial charge in [-0.2, -0.15) is 0 Å². The minimum absolute atomic E-state index is 0.345. The Bertz CT molecular complexity index is 297. The first-order valence-corrected chi connectivity index (χ1v) is 4.99. The molecule has 0 spiro atoms. The van der Waals surface area contributed by atoms with Crippen LogP contribution in [0.15, 0.2) is 12.4 Å². The number of aryl methyl sites for hydroxylation is 1. The SMILES string of the molecule is Cc1cncc(NCC2CCCO2)n1. The summed E-state index contributed by atoms with van der Waals surface area (Å²) >= 11 is 0. The van der Waals surface area contributed by atoms with Gasteiger partial charge in [-0.3, -0.25) is 4.98 Å². The highest BCUT2D eigenvalue weighted by Gasteiger charge is 2.14. The number of ether oxygens (including phenoxy) is 1. The average molecular weight is 193 g/mol. The number of rotatable bonds is 3. The van der Waals surface area contributed by atoms with Crippen LogP contribution in [0.4, 0.5) is 5.82 Å². The Morgan fingerprint density at radius 1 is 1.57 bits per heavy atom. The van der Waals surface area contributed by atoms with E-state index in [1.165, 1.54) is 6.42 Å². The van der Waals surface area contributed by atoms with Gasteiger partial charge in [0.1, 0.15) is 5.82 Å². The largest absolute Gasteiger partial charge is 0.376 e. The molecule has 0 radical (unpaired) electrons. The first-order chi connectivity index (χ1) is 6.84. The lowest BCUT2D eigenvalue weighted by atomic mass is 10.2. The van der Waals surface area contributed by atoms with Gasteiger partial charge in [-0.15, -0.1) is 0 Å². The van der Waals surface area contributed by atoms with Crippen molar-refractivity contribution in [1.29, 1.82) is 0 Å². The molecule has 1 aromatic rings. The minimum atomic E-state index is 0.345. The number of hydrogen-bond donors (Lipinski definition) is 1. The second-order valence-corrected chi connectivity index (χ2v) is 3.56. The van der Waals surface area contributed by atoms with Crippen LogP contribution in [-0.2, 0) is 4.74 Å². The molecule has 0 aliphatic carbocycles. The number of anilines is 1. The van der Waals surface area contributed by atoms with Crippen molar-refractivity contribution in [3.63, 3.8) is 0 Å². The molecule has 2 heterocycles. The van der Waals surface area contributed by atoms with Crippen molar-refractivity contribution < 1.29 is 4.74 Å². The van der Waals surface area contributed by atoms with Crippen molar-refractivity contribution in [2.45, 2.75) is 25.9 Å². The first-order valence-electron chi connectivity index (χ1n) is 4.99. The third-order valence-corrected chi connectivity index (χ3v) is 2.29. The fraction of sp³-hybridized carbons (Fsp3) is 0.600. The lowest BCUT2D eigenvalue weighted by Gasteiger charge is -2.10. The van der Waals surface area contributed by atoms with E-state index >= 15 is 0 Å². The van der Waals surface area contributed by atoms with Gasteiger partial charge in [0.25, 0.3) is 0 Å². The molecule has 14 heavy (non-hydrogen) atoms. The van der Waals surface area contributed by atoms with E-state index in [-0.39, 0.29) is 0 Å². The summed E-state index contributed by atoms with van der Waals surface area (Å²) in [5.74, 6) is 0.834. The van der Waals surface area contributed by atoms with Crippen LogP contribution in [0.1, 0.15) is 18.5 Å². The number of hydrogen-bond acceptors (Lipinski definition) is 4. The molecule has 76 valence electrons. The second kappa shape index (κ2) is 4.37. The van der Waals surface area contributed by atoms with Crippen molar-refractivity contribution >= 4 is 5.82 Å². The molecule has 1 aliphatic heterocycles. The highest BCUT2D eigenvalue weighted by molar-refractivity contribution is 5.31. The van der Waals surface area contributed by atoms with Gasteiger partial charge in [-0.25, -0.2) is 4.98 Å². The van der Waals surface area contributed by atoms with Gasteiger partial charge in [0.15, 0.2) is 0 Å². The van der Waals surface area contributed by atoms with Crippen LogP contribution in [-0.4, -0.2) is 29.2 Å². The fourth-order valence-electron chi connectivity index (χ4n) is 1.57. The summed E-state index contributed by atoms with van der Waals surface area (Å²) in [5.41, 5.74) is 0.933. The van der Waals surface area contributed by atoms with E-state index < -0.39 is 0 Å². The summed E-state index contributed by atoms with van der Waals surface area (Å²) in [6.45, 7) is 3.66. The maximum Gasteiger partial charge on any atom is 0.144 e. The summed E-state index contributed by atoms with van der Waals surface area (Å²) in [7, 11) is 0. The predicted octanol–water partition coefficient (Wildman–Crippen LogP) is 1.38. The lowest BCUT2D eigenvalue weighted by Crippen LogP contribution is -2.19. The monoisotopic (exact) mass is 193 g/mol. The summed E-state index contributed by atoms with van der Waals surface area (Å²) < 4.78 is 5.49. The topological polar surface area (TPSA) is 47.0 Å². The normalized spacial score (nSPS) is 21.1. The molecule has 2 rings (SSSR count). The zero-order chi connectivity index (χ0) is 9.80. The number of nitrogens with zero attached hydrogens (tertiary/aromatic N) is 2. The molecule has 0 saturated carbocycles. The standard InChI is InChI=1S/C10H15N3O/c1-8-5-11-7-10(13-8)12-6-9-3-2-4-14-9/h5,7,9H,2-4,6H2,1H3,(H,12,13). The summed E-state index contributed by atoms with van der Waals surface area (Å²) in [4.78, 5) is 8.37. The molecular weight excluding hydrogens is 178 g/mol. The Kier molecular flexibility index (Phi) is 2.93. The zero-order valence-corrected chi connectivity index (χ0v) is 8.36. The predicted molar refractivity (Wildman–Crippen MR) is 54.2 cm³/mol. The Hall–Kier alpha value is -1.16. The zero-order valence-electron chi connectivity index (χ0n) is 8.36. The summed E-state index contributed by atoms with van der Waals surface area (Å²) in [6, 6.07) is 0. The maximum atomic E-state index is 5.49. The average Bonchev–Trinajstić information content (AvgIpc) is 2.67.